The Morgan fingerprint density at radius 2 is 1.69 bits per heavy atom. The maximum Gasteiger partial charge on any atom is 0.256 e. The molecule has 2 heterocycles. The Kier molecular flexibility index (Phi) is 5.86. The molecule has 29 heavy (non-hydrogen) atoms. The first-order valence-electron chi connectivity index (χ1n) is 9.91. The molecule has 0 aliphatic carbocycles. The predicted molar refractivity (Wildman–Crippen MR) is 119 cm³/mol. The lowest BCUT2D eigenvalue weighted by Crippen LogP contribution is -2.48. The molecular formula is C24H25N3OS. The Hall–Kier alpha value is -2.79. The number of carbonyl (C=O) groups is 1. The zero-order valence-corrected chi connectivity index (χ0v) is 17.7. The number of anilines is 1. The zero-order chi connectivity index (χ0) is 20.2. The molecule has 0 saturated carbocycles. The summed E-state index contributed by atoms with van der Waals surface area (Å²) >= 11 is 1.57. The molecule has 1 amide bonds. The van der Waals surface area contributed by atoms with Crippen molar-refractivity contribution in [1.82, 2.24) is 9.88 Å². The number of nitrogens with zero attached hydrogens (tertiary/aromatic N) is 3. The molecule has 0 N–H and O–H groups in total. The summed E-state index contributed by atoms with van der Waals surface area (Å²) in [6.07, 6.45) is 1.76. The second-order valence-electron chi connectivity index (χ2n) is 7.34. The van der Waals surface area contributed by atoms with Crippen LogP contribution in [0.4, 0.5) is 5.69 Å². The lowest BCUT2D eigenvalue weighted by atomic mass is 10.2. The van der Waals surface area contributed by atoms with Crippen molar-refractivity contribution < 1.29 is 4.79 Å². The Morgan fingerprint density at radius 1 is 0.931 bits per heavy atom. The van der Waals surface area contributed by atoms with Crippen LogP contribution < -0.4 is 4.90 Å². The summed E-state index contributed by atoms with van der Waals surface area (Å²) in [5.41, 5.74) is 4.34. The van der Waals surface area contributed by atoms with Gasteiger partial charge >= 0.3 is 0 Å². The lowest BCUT2D eigenvalue weighted by Gasteiger charge is -2.36. The molecule has 1 fully saturated rings. The molecule has 5 heteroatoms. The third-order valence-electron chi connectivity index (χ3n) is 5.23. The van der Waals surface area contributed by atoms with Gasteiger partial charge in [0.15, 0.2) is 0 Å². The average molecular weight is 404 g/mol. The number of amides is 1. The van der Waals surface area contributed by atoms with Crippen LogP contribution in [-0.2, 0) is 0 Å². The molecule has 1 aliphatic rings. The molecule has 0 atom stereocenters. The molecule has 148 valence electrons. The van der Waals surface area contributed by atoms with Crippen molar-refractivity contribution in [3.8, 4) is 0 Å². The first kappa shape index (κ1) is 19.5. The molecule has 4 rings (SSSR count). The van der Waals surface area contributed by atoms with E-state index >= 15 is 0 Å². The first-order valence-corrected chi connectivity index (χ1v) is 10.7. The van der Waals surface area contributed by atoms with E-state index in [1.54, 1.807) is 18.0 Å². The van der Waals surface area contributed by atoms with E-state index in [1.165, 1.54) is 16.8 Å². The van der Waals surface area contributed by atoms with E-state index in [9.17, 15) is 4.79 Å². The fourth-order valence-electron chi connectivity index (χ4n) is 3.63. The lowest BCUT2D eigenvalue weighted by molar-refractivity contribution is 0.0742. The van der Waals surface area contributed by atoms with Crippen molar-refractivity contribution in [3.05, 3.63) is 83.6 Å². The molecule has 0 radical (unpaired) electrons. The van der Waals surface area contributed by atoms with Gasteiger partial charge in [-0.15, -0.1) is 0 Å². The van der Waals surface area contributed by atoms with Crippen LogP contribution >= 0.6 is 11.8 Å². The predicted octanol–water partition coefficient (Wildman–Crippen LogP) is 4.81. The number of aryl methyl sites for hydroxylation is 2. The summed E-state index contributed by atoms with van der Waals surface area (Å²) in [5, 5.41) is 0.773. The van der Waals surface area contributed by atoms with Crippen LogP contribution in [0.2, 0.25) is 0 Å². The van der Waals surface area contributed by atoms with E-state index in [4.69, 9.17) is 0 Å². The first-order chi connectivity index (χ1) is 14.1. The number of aromatic nitrogens is 1. The number of rotatable bonds is 4. The zero-order valence-electron chi connectivity index (χ0n) is 16.8. The maximum atomic E-state index is 13.2. The van der Waals surface area contributed by atoms with E-state index in [0.29, 0.717) is 5.56 Å². The number of hydrogen-bond donors (Lipinski definition) is 0. The van der Waals surface area contributed by atoms with Crippen LogP contribution in [0.3, 0.4) is 0 Å². The minimum Gasteiger partial charge on any atom is -0.368 e. The molecule has 1 aliphatic heterocycles. The largest absolute Gasteiger partial charge is 0.368 e. The van der Waals surface area contributed by atoms with Gasteiger partial charge in [0.25, 0.3) is 5.91 Å². The highest BCUT2D eigenvalue weighted by Gasteiger charge is 2.24. The topological polar surface area (TPSA) is 36.4 Å². The van der Waals surface area contributed by atoms with Gasteiger partial charge in [-0.1, -0.05) is 47.7 Å². The normalized spacial score (nSPS) is 14.1. The molecule has 0 unspecified atom stereocenters. The van der Waals surface area contributed by atoms with E-state index in [-0.39, 0.29) is 5.91 Å². The van der Waals surface area contributed by atoms with Crippen molar-refractivity contribution in [1.29, 1.82) is 0 Å². The van der Waals surface area contributed by atoms with E-state index in [2.05, 4.69) is 66.2 Å². The minimum atomic E-state index is 0.0677. The number of carbonyl (C=O) groups excluding carboxylic acids is 1. The van der Waals surface area contributed by atoms with Crippen LogP contribution in [0.25, 0.3) is 0 Å². The monoisotopic (exact) mass is 403 g/mol. The Labute approximate surface area is 176 Å². The molecule has 0 bridgehead atoms. The second kappa shape index (κ2) is 8.70. The summed E-state index contributed by atoms with van der Waals surface area (Å²) < 4.78 is 0. The highest BCUT2D eigenvalue weighted by molar-refractivity contribution is 7.99. The second-order valence-corrected chi connectivity index (χ2v) is 8.37. The van der Waals surface area contributed by atoms with Gasteiger partial charge in [-0.2, -0.15) is 0 Å². The molecule has 4 nitrogen and oxygen atoms in total. The third kappa shape index (κ3) is 4.46. The number of hydrogen-bond acceptors (Lipinski definition) is 4. The van der Waals surface area contributed by atoms with Crippen molar-refractivity contribution in [2.24, 2.45) is 0 Å². The van der Waals surface area contributed by atoms with Gasteiger partial charge in [0.2, 0.25) is 0 Å². The minimum absolute atomic E-state index is 0.0677. The number of para-hydroxylation sites is 1. The maximum absolute atomic E-state index is 13.2. The fourth-order valence-corrected chi connectivity index (χ4v) is 4.57. The van der Waals surface area contributed by atoms with Gasteiger partial charge < -0.3 is 9.80 Å². The van der Waals surface area contributed by atoms with Crippen molar-refractivity contribution >= 4 is 23.4 Å². The summed E-state index contributed by atoms with van der Waals surface area (Å²) in [5.74, 6) is 0.0677. The van der Waals surface area contributed by atoms with Gasteiger partial charge in [0, 0.05) is 43.0 Å². The fraction of sp³-hybridized carbons (Fsp3) is 0.250. The summed E-state index contributed by atoms with van der Waals surface area (Å²) in [6.45, 7) is 7.31. The van der Waals surface area contributed by atoms with Crippen molar-refractivity contribution in [2.45, 2.75) is 23.8 Å². The Balaban J connectivity index is 1.48. The van der Waals surface area contributed by atoms with E-state index in [0.717, 1.165) is 36.1 Å². The van der Waals surface area contributed by atoms with Gasteiger partial charge in [-0.05, 0) is 49.7 Å². The highest BCUT2D eigenvalue weighted by Crippen LogP contribution is 2.32. The van der Waals surface area contributed by atoms with Crippen LogP contribution in [0, 0.1) is 13.8 Å². The van der Waals surface area contributed by atoms with Crippen molar-refractivity contribution in [3.63, 3.8) is 0 Å². The van der Waals surface area contributed by atoms with Crippen LogP contribution in [0.15, 0.2) is 76.8 Å². The molecule has 1 saturated heterocycles. The number of piperazine rings is 1. The van der Waals surface area contributed by atoms with Crippen LogP contribution in [-0.4, -0.2) is 42.0 Å². The van der Waals surface area contributed by atoms with E-state index < -0.39 is 0 Å². The SMILES string of the molecule is Cc1ccc(Sc2ncccc2C(=O)N2CCN(c3ccccc3)CC2)c(C)c1. The Bertz CT molecular complexity index is 998. The quantitative estimate of drug-likeness (QED) is 0.626. The van der Waals surface area contributed by atoms with E-state index in [1.807, 2.05) is 23.1 Å². The van der Waals surface area contributed by atoms with Gasteiger partial charge in [-0.3, -0.25) is 4.79 Å². The molecular weight excluding hydrogens is 378 g/mol. The third-order valence-corrected chi connectivity index (χ3v) is 6.42. The highest BCUT2D eigenvalue weighted by atomic mass is 32.2. The van der Waals surface area contributed by atoms with Gasteiger partial charge in [0.05, 0.1) is 5.56 Å². The number of benzene rings is 2. The van der Waals surface area contributed by atoms with Crippen LogP contribution in [0.5, 0.6) is 0 Å². The van der Waals surface area contributed by atoms with Gasteiger partial charge in [-0.25, -0.2) is 4.98 Å². The average Bonchev–Trinajstić information content (AvgIpc) is 2.76. The number of pyridine rings is 1. The van der Waals surface area contributed by atoms with Crippen molar-refractivity contribution in [2.75, 3.05) is 31.1 Å². The molecule has 3 aromatic rings. The summed E-state index contributed by atoms with van der Waals surface area (Å²) in [7, 11) is 0. The molecule has 2 aromatic carbocycles. The Morgan fingerprint density at radius 3 is 2.41 bits per heavy atom. The smallest absolute Gasteiger partial charge is 0.256 e. The molecule has 1 aromatic heterocycles. The standard InChI is InChI=1S/C24H25N3OS/c1-18-10-11-22(19(2)17-18)29-23-21(9-6-12-25-23)24(28)27-15-13-26(14-16-27)20-7-4-3-5-8-20/h3-12,17H,13-16H2,1-2H3. The molecule has 0 spiro atoms. The van der Waals surface area contributed by atoms with Gasteiger partial charge in [0.1, 0.15) is 5.03 Å². The summed E-state index contributed by atoms with van der Waals surface area (Å²) in [6, 6.07) is 20.5. The van der Waals surface area contributed by atoms with Crippen LogP contribution in [0.1, 0.15) is 21.5 Å². The summed E-state index contributed by atoms with van der Waals surface area (Å²) in [4.78, 5) is 23.2.